The summed E-state index contributed by atoms with van der Waals surface area (Å²) >= 11 is 7.89. The van der Waals surface area contributed by atoms with Crippen LogP contribution in [-0.2, 0) is 0 Å². The van der Waals surface area contributed by atoms with Crippen molar-refractivity contribution in [2.45, 2.75) is 13.0 Å². The zero-order valence-electron chi connectivity index (χ0n) is 10.2. The van der Waals surface area contributed by atoms with E-state index in [1.165, 1.54) is 0 Å². The Morgan fingerprint density at radius 1 is 1.44 bits per heavy atom. The topological polar surface area (TPSA) is 47.3 Å². The van der Waals surface area contributed by atoms with Gasteiger partial charge in [0.15, 0.2) is 0 Å². The number of nitrogens with two attached hydrogens (primary N) is 1. The van der Waals surface area contributed by atoms with Gasteiger partial charge in [-0.25, -0.2) is 5.43 Å². The molecule has 3 nitrogen and oxygen atoms in total. The van der Waals surface area contributed by atoms with Crippen LogP contribution < -0.4 is 16.0 Å². The number of hydrogen-bond acceptors (Lipinski definition) is 4. The predicted molar refractivity (Wildman–Crippen MR) is 76.2 cm³/mol. The van der Waals surface area contributed by atoms with Crippen LogP contribution in [0.15, 0.2) is 29.6 Å². The maximum absolute atomic E-state index is 6.29. The third-order valence-corrected chi connectivity index (χ3v) is 4.56. The maximum atomic E-state index is 6.29. The standard InChI is InChI=1S/C13H15ClN2OS/c1-8-7-18-13(11(8)14)12(16-15)9-4-3-5-10(6-9)17-2/h3-7,12,16H,15H2,1-2H3. The van der Waals surface area contributed by atoms with E-state index in [4.69, 9.17) is 22.2 Å². The van der Waals surface area contributed by atoms with Crippen LogP contribution in [0.25, 0.3) is 0 Å². The molecule has 0 radical (unpaired) electrons. The maximum Gasteiger partial charge on any atom is 0.119 e. The van der Waals surface area contributed by atoms with Gasteiger partial charge in [-0.1, -0.05) is 23.7 Å². The molecule has 1 heterocycles. The number of halogens is 1. The monoisotopic (exact) mass is 282 g/mol. The molecule has 2 rings (SSSR count). The Morgan fingerprint density at radius 2 is 2.22 bits per heavy atom. The second-order valence-electron chi connectivity index (χ2n) is 3.97. The van der Waals surface area contributed by atoms with E-state index in [0.717, 1.165) is 26.8 Å². The molecule has 5 heteroatoms. The van der Waals surface area contributed by atoms with E-state index in [-0.39, 0.29) is 6.04 Å². The Labute approximate surface area is 116 Å². The molecule has 18 heavy (non-hydrogen) atoms. The van der Waals surface area contributed by atoms with E-state index in [1.807, 2.05) is 36.6 Å². The van der Waals surface area contributed by atoms with Crippen molar-refractivity contribution < 1.29 is 4.74 Å². The summed E-state index contributed by atoms with van der Waals surface area (Å²) in [5, 5.41) is 2.80. The van der Waals surface area contributed by atoms with Gasteiger partial charge in [-0.05, 0) is 35.6 Å². The number of thiophene rings is 1. The second-order valence-corrected chi connectivity index (χ2v) is 5.26. The van der Waals surface area contributed by atoms with E-state index in [9.17, 15) is 0 Å². The lowest BCUT2D eigenvalue weighted by atomic mass is 10.1. The van der Waals surface area contributed by atoms with Crippen LogP contribution >= 0.6 is 22.9 Å². The lowest BCUT2D eigenvalue weighted by Gasteiger charge is -2.16. The highest BCUT2D eigenvalue weighted by Gasteiger charge is 2.19. The summed E-state index contributed by atoms with van der Waals surface area (Å²) in [6, 6.07) is 7.67. The first-order chi connectivity index (χ1) is 8.67. The summed E-state index contributed by atoms with van der Waals surface area (Å²) in [5.41, 5.74) is 4.91. The molecule has 1 unspecified atom stereocenters. The van der Waals surface area contributed by atoms with Crippen LogP contribution in [0.2, 0.25) is 5.02 Å². The minimum Gasteiger partial charge on any atom is -0.497 e. The zero-order valence-corrected chi connectivity index (χ0v) is 11.8. The Balaban J connectivity index is 2.41. The highest BCUT2D eigenvalue weighted by molar-refractivity contribution is 7.10. The van der Waals surface area contributed by atoms with Gasteiger partial charge < -0.3 is 4.74 Å². The van der Waals surface area contributed by atoms with Gasteiger partial charge in [-0.2, -0.15) is 0 Å². The molecule has 0 spiro atoms. The zero-order chi connectivity index (χ0) is 13.1. The fourth-order valence-electron chi connectivity index (χ4n) is 1.79. The summed E-state index contributed by atoms with van der Waals surface area (Å²) in [4.78, 5) is 1.02. The van der Waals surface area contributed by atoms with Gasteiger partial charge in [0.2, 0.25) is 0 Å². The molecule has 0 saturated heterocycles. The molecule has 0 bridgehead atoms. The van der Waals surface area contributed by atoms with Crippen molar-refractivity contribution in [3.05, 3.63) is 50.7 Å². The van der Waals surface area contributed by atoms with Crippen molar-refractivity contribution in [1.82, 2.24) is 5.43 Å². The van der Waals surface area contributed by atoms with E-state index < -0.39 is 0 Å². The normalized spacial score (nSPS) is 12.4. The molecule has 96 valence electrons. The lowest BCUT2D eigenvalue weighted by molar-refractivity contribution is 0.413. The van der Waals surface area contributed by atoms with Crippen molar-refractivity contribution >= 4 is 22.9 Å². The van der Waals surface area contributed by atoms with Gasteiger partial charge in [0.1, 0.15) is 5.75 Å². The molecule has 3 N–H and O–H groups in total. The minimum absolute atomic E-state index is 0.119. The molecule has 2 aromatic rings. The third-order valence-electron chi connectivity index (χ3n) is 2.78. The average Bonchev–Trinajstić information content (AvgIpc) is 2.72. The van der Waals surface area contributed by atoms with Gasteiger partial charge in [0.05, 0.1) is 18.2 Å². The summed E-state index contributed by atoms with van der Waals surface area (Å²) in [6.07, 6.45) is 0. The smallest absolute Gasteiger partial charge is 0.119 e. The Morgan fingerprint density at radius 3 is 2.78 bits per heavy atom. The Bertz CT molecular complexity index is 542. The van der Waals surface area contributed by atoms with Crippen LogP contribution in [-0.4, -0.2) is 7.11 Å². The molecule has 1 aromatic heterocycles. The first kappa shape index (κ1) is 13.4. The molecule has 0 aliphatic carbocycles. The summed E-state index contributed by atoms with van der Waals surface area (Å²) in [6.45, 7) is 1.99. The Kier molecular flexibility index (Phi) is 4.24. The number of hydrazine groups is 1. The number of methoxy groups -OCH3 is 1. The fourth-order valence-corrected chi connectivity index (χ4v) is 3.18. The molecule has 0 aliphatic rings. The number of aryl methyl sites for hydroxylation is 1. The number of hydrogen-bond donors (Lipinski definition) is 2. The minimum atomic E-state index is -0.119. The van der Waals surface area contributed by atoms with Gasteiger partial charge in [-0.3, -0.25) is 5.84 Å². The summed E-state index contributed by atoms with van der Waals surface area (Å²) < 4.78 is 5.22. The molecule has 0 fully saturated rings. The summed E-state index contributed by atoms with van der Waals surface area (Å²) in [7, 11) is 1.65. The van der Waals surface area contributed by atoms with Crippen LogP contribution in [0.4, 0.5) is 0 Å². The first-order valence-electron chi connectivity index (χ1n) is 5.51. The predicted octanol–water partition coefficient (Wildman–Crippen LogP) is 3.27. The largest absolute Gasteiger partial charge is 0.497 e. The van der Waals surface area contributed by atoms with E-state index in [1.54, 1.807) is 18.4 Å². The van der Waals surface area contributed by atoms with Gasteiger partial charge in [-0.15, -0.1) is 11.3 Å². The molecule has 1 aromatic carbocycles. The lowest BCUT2D eigenvalue weighted by Crippen LogP contribution is -2.28. The third kappa shape index (κ3) is 2.52. The van der Waals surface area contributed by atoms with Crippen LogP contribution in [0.3, 0.4) is 0 Å². The van der Waals surface area contributed by atoms with Crippen molar-refractivity contribution in [1.29, 1.82) is 0 Å². The van der Waals surface area contributed by atoms with Crippen molar-refractivity contribution in [3.8, 4) is 5.75 Å². The highest BCUT2D eigenvalue weighted by atomic mass is 35.5. The molecule has 1 atom stereocenters. The highest BCUT2D eigenvalue weighted by Crippen LogP contribution is 2.36. The first-order valence-corrected chi connectivity index (χ1v) is 6.76. The average molecular weight is 283 g/mol. The van der Waals surface area contributed by atoms with Crippen molar-refractivity contribution in [3.63, 3.8) is 0 Å². The fraction of sp³-hybridized carbons (Fsp3) is 0.231. The van der Waals surface area contributed by atoms with Gasteiger partial charge >= 0.3 is 0 Å². The number of rotatable bonds is 4. The number of nitrogens with one attached hydrogen (secondary N) is 1. The molecule has 0 aliphatic heterocycles. The molecule has 0 saturated carbocycles. The van der Waals surface area contributed by atoms with Crippen LogP contribution in [0.1, 0.15) is 22.0 Å². The molecular weight excluding hydrogens is 268 g/mol. The molecular formula is C13H15ClN2OS. The second kappa shape index (κ2) is 5.71. The number of ether oxygens (including phenoxy) is 1. The molecule has 0 amide bonds. The SMILES string of the molecule is COc1cccc(C(NN)c2scc(C)c2Cl)c1. The van der Waals surface area contributed by atoms with E-state index >= 15 is 0 Å². The Hall–Kier alpha value is -1.07. The van der Waals surface area contributed by atoms with E-state index in [0.29, 0.717) is 0 Å². The van der Waals surface area contributed by atoms with Crippen molar-refractivity contribution in [2.75, 3.05) is 7.11 Å². The quantitative estimate of drug-likeness (QED) is 0.668. The van der Waals surface area contributed by atoms with Gasteiger partial charge in [0.25, 0.3) is 0 Å². The van der Waals surface area contributed by atoms with Crippen LogP contribution in [0, 0.1) is 6.92 Å². The van der Waals surface area contributed by atoms with E-state index in [2.05, 4.69) is 5.43 Å². The van der Waals surface area contributed by atoms with Crippen molar-refractivity contribution in [2.24, 2.45) is 5.84 Å². The summed E-state index contributed by atoms with van der Waals surface area (Å²) in [5.74, 6) is 6.47. The van der Waals surface area contributed by atoms with Crippen LogP contribution in [0.5, 0.6) is 5.75 Å². The number of benzene rings is 1. The van der Waals surface area contributed by atoms with Gasteiger partial charge in [0, 0.05) is 4.88 Å².